The first-order valence-electron chi connectivity index (χ1n) is 7.54. The predicted molar refractivity (Wildman–Crippen MR) is 85.0 cm³/mol. The Labute approximate surface area is 119 Å². The molecular weight excluding hydrogens is 236 g/mol. The second-order valence-electron chi connectivity index (χ2n) is 6.89. The Morgan fingerprint density at radius 3 is 2.05 bits per heavy atom. The number of nitrogens with two attached hydrogens (primary N) is 2. The molecule has 0 amide bonds. The standard InChI is InChI=1S/C15H34N4/c1-6-7-8-9-10-11-18-15(5,19-13(16)17)12-14(2,3)4/h18H,6-12H2,1-5H3,(H4,16,17,19). The Bertz CT molecular complexity index is 264. The normalized spacial score (nSPS) is 15.0. The topological polar surface area (TPSA) is 76.4 Å². The van der Waals surface area contributed by atoms with E-state index in [1.54, 1.807) is 0 Å². The van der Waals surface area contributed by atoms with Gasteiger partial charge >= 0.3 is 0 Å². The van der Waals surface area contributed by atoms with E-state index < -0.39 is 0 Å². The van der Waals surface area contributed by atoms with Crippen LogP contribution in [0, 0.1) is 5.41 Å². The summed E-state index contributed by atoms with van der Waals surface area (Å²) in [4.78, 5) is 4.39. The van der Waals surface area contributed by atoms with Crippen LogP contribution in [0.3, 0.4) is 0 Å². The van der Waals surface area contributed by atoms with Gasteiger partial charge in [0.15, 0.2) is 5.96 Å². The SMILES string of the molecule is CCCCCCCNC(C)(CC(C)(C)C)N=C(N)N. The minimum Gasteiger partial charge on any atom is -0.370 e. The van der Waals surface area contributed by atoms with Crippen molar-refractivity contribution in [3.05, 3.63) is 0 Å². The predicted octanol–water partition coefficient (Wildman–Crippen LogP) is 2.97. The molecule has 0 saturated heterocycles. The maximum absolute atomic E-state index is 5.56. The van der Waals surface area contributed by atoms with E-state index in [0.29, 0.717) is 0 Å². The molecule has 0 bridgehead atoms. The molecule has 0 spiro atoms. The van der Waals surface area contributed by atoms with E-state index in [4.69, 9.17) is 11.5 Å². The molecular formula is C15H34N4. The van der Waals surface area contributed by atoms with Gasteiger partial charge in [-0.1, -0.05) is 53.4 Å². The quantitative estimate of drug-likeness (QED) is 0.342. The van der Waals surface area contributed by atoms with E-state index in [1.165, 1.54) is 32.1 Å². The summed E-state index contributed by atoms with van der Waals surface area (Å²) in [5.41, 5.74) is 10.9. The molecule has 0 aliphatic heterocycles. The minimum absolute atomic E-state index is 0.158. The first-order chi connectivity index (χ1) is 8.68. The number of aliphatic imine (C=N–C) groups is 1. The van der Waals surface area contributed by atoms with Crippen LogP contribution in [0.4, 0.5) is 0 Å². The van der Waals surface area contributed by atoms with Crippen LogP contribution >= 0.6 is 0 Å². The zero-order valence-corrected chi connectivity index (χ0v) is 13.6. The number of guanidine groups is 1. The zero-order valence-electron chi connectivity index (χ0n) is 13.6. The third-order valence-electron chi connectivity index (χ3n) is 3.04. The van der Waals surface area contributed by atoms with Crippen LogP contribution in [0.1, 0.15) is 73.1 Å². The Balaban J connectivity index is 4.25. The molecule has 0 heterocycles. The molecule has 0 aromatic rings. The average molecular weight is 270 g/mol. The highest BCUT2D eigenvalue weighted by Crippen LogP contribution is 2.28. The van der Waals surface area contributed by atoms with Gasteiger partial charge in [0, 0.05) is 0 Å². The van der Waals surface area contributed by atoms with Gasteiger partial charge in [-0.05, 0) is 31.7 Å². The van der Waals surface area contributed by atoms with Crippen LogP contribution < -0.4 is 16.8 Å². The highest BCUT2D eigenvalue weighted by atomic mass is 15.2. The lowest BCUT2D eigenvalue weighted by Gasteiger charge is -2.33. The van der Waals surface area contributed by atoms with Crippen LogP contribution in [-0.4, -0.2) is 18.2 Å². The Morgan fingerprint density at radius 1 is 1.00 bits per heavy atom. The molecule has 1 atom stereocenters. The van der Waals surface area contributed by atoms with Gasteiger partial charge in [0.25, 0.3) is 0 Å². The van der Waals surface area contributed by atoms with Crippen molar-refractivity contribution in [2.24, 2.45) is 21.9 Å². The van der Waals surface area contributed by atoms with Crippen molar-refractivity contribution >= 4 is 5.96 Å². The molecule has 0 rings (SSSR count). The third-order valence-corrected chi connectivity index (χ3v) is 3.04. The molecule has 4 nitrogen and oxygen atoms in total. The highest BCUT2D eigenvalue weighted by molar-refractivity contribution is 5.76. The molecule has 1 unspecified atom stereocenters. The minimum atomic E-state index is -0.359. The monoisotopic (exact) mass is 270 g/mol. The number of nitrogens with zero attached hydrogens (tertiary/aromatic N) is 1. The van der Waals surface area contributed by atoms with Gasteiger partial charge in [-0.3, -0.25) is 5.32 Å². The fourth-order valence-corrected chi connectivity index (χ4v) is 2.55. The van der Waals surface area contributed by atoms with Crippen molar-refractivity contribution in [3.63, 3.8) is 0 Å². The lowest BCUT2D eigenvalue weighted by Crippen LogP contribution is -2.46. The molecule has 0 aliphatic rings. The summed E-state index contributed by atoms with van der Waals surface area (Å²) in [5, 5.41) is 3.51. The van der Waals surface area contributed by atoms with Crippen molar-refractivity contribution in [3.8, 4) is 0 Å². The summed E-state index contributed by atoms with van der Waals surface area (Å²) in [6, 6.07) is 0. The zero-order chi connectivity index (χ0) is 14.9. The van der Waals surface area contributed by atoms with E-state index in [2.05, 4.69) is 44.9 Å². The van der Waals surface area contributed by atoms with Gasteiger partial charge in [-0.2, -0.15) is 0 Å². The molecule has 0 saturated carbocycles. The Morgan fingerprint density at radius 2 is 1.58 bits per heavy atom. The molecule has 114 valence electrons. The van der Waals surface area contributed by atoms with Crippen LogP contribution in [-0.2, 0) is 0 Å². The van der Waals surface area contributed by atoms with Crippen molar-refractivity contribution < 1.29 is 0 Å². The fourth-order valence-electron chi connectivity index (χ4n) is 2.55. The van der Waals surface area contributed by atoms with E-state index >= 15 is 0 Å². The molecule has 0 aromatic carbocycles. The van der Waals surface area contributed by atoms with Crippen LogP contribution in [0.25, 0.3) is 0 Å². The van der Waals surface area contributed by atoms with Gasteiger partial charge in [-0.15, -0.1) is 0 Å². The molecule has 4 heteroatoms. The maximum atomic E-state index is 5.56. The van der Waals surface area contributed by atoms with Crippen LogP contribution in [0.5, 0.6) is 0 Å². The molecule has 19 heavy (non-hydrogen) atoms. The lowest BCUT2D eigenvalue weighted by molar-refractivity contribution is 0.231. The summed E-state index contributed by atoms with van der Waals surface area (Å²) < 4.78 is 0. The summed E-state index contributed by atoms with van der Waals surface area (Å²) in [6.45, 7) is 11.9. The number of unbranched alkanes of at least 4 members (excludes halogenated alkanes) is 4. The fraction of sp³-hybridized carbons (Fsp3) is 0.933. The Hall–Kier alpha value is -0.770. The summed E-state index contributed by atoms with van der Waals surface area (Å²) in [7, 11) is 0. The summed E-state index contributed by atoms with van der Waals surface area (Å²) >= 11 is 0. The number of hydrogen-bond donors (Lipinski definition) is 3. The first-order valence-corrected chi connectivity index (χ1v) is 7.54. The first kappa shape index (κ1) is 18.2. The summed E-state index contributed by atoms with van der Waals surface area (Å²) in [5.74, 6) is 0.158. The molecule has 0 fully saturated rings. The third kappa shape index (κ3) is 10.8. The van der Waals surface area contributed by atoms with Gasteiger partial charge in [-0.25, -0.2) is 4.99 Å². The number of nitrogens with one attached hydrogen (secondary N) is 1. The van der Waals surface area contributed by atoms with Crippen LogP contribution in [0.2, 0.25) is 0 Å². The second kappa shape index (κ2) is 8.41. The summed E-state index contributed by atoms with van der Waals surface area (Å²) in [6.07, 6.45) is 7.29. The molecule has 0 aliphatic carbocycles. The van der Waals surface area contributed by atoms with Crippen molar-refractivity contribution in [2.75, 3.05) is 6.54 Å². The van der Waals surface area contributed by atoms with E-state index in [1.807, 2.05) is 0 Å². The van der Waals surface area contributed by atoms with Gasteiger partial charge in [0.05, 0.1) is 0 Å². The average Bonchev–Trinajstić information content (AvgIpc) is 2.19. The largest absolute Gasteiger partial charge is 0.370 e. The van der Waals surface area contributed by atoms with Crippen molar-refractivity contribution in [1.82, 2.24) is 5.32 Å². The highest BCUT2D eigenvalue weighted by Gasteiger charge is 2.29. The van der Waals surface area contributed by atoms with E-state index in [9.17, 15) is 0 Å². The maximum Gasteiger partial charge on any atom is 0.187 e. The van der Waals surface area contributed by atoms with E-state index in [0.717, 1.165) is 13.0 Å². The van der Waals surface area contributed by atoms with Gasteiger partial charge < -0.3 is 11.5 Å². The number of rotatable bonds is 9. The molecule has 0 aromatic heterocycles. The van der Waals surface area contributed by atoms with Crippen LogP contribution in [0.15, 0.2) is 4.99 Å². The van der Waals surface area contributed by atoms with E-state index in [-0.39, 0.29) is 17.0 Å². The Kier molecular flexibility index (Phi) is 8.07. The molecule has 0 radical (unpaired) electrons. The van der Waals surface area contributed by atoms with Gasteiger partial charge in [0.1, 0.15) is 5.66 Å². The lowest BCUT2D eigenvalue weighted by atomic mass is 9.85. The smallest absolute Gasteiger partial charge is 0.187 e. The number of hydrogen-bond acceptors (Lipinski definition) is 2. The van der Waals surface area contributed by atoms with Crippen molar-refractivity contribution in [1.29, 1.82) is 0 Å². The van der Waals surface area contributed by atoms with Crippen molar-refractivity contribution in [2.45, 2.75) is 78.8 Å². The molecule has 5 N–H and O–H groups in total. The van der Waals surface area contributed by atoms with Gasteiger partial charge in [0.2, 0.25) is 0 Å². The second-order valence-corrected chi connectivity index (χ2v) is 6.89.